The maximum Gasteiger partial charge on any atom is 0.0850 e. The first kappa shape index (κ1) is 16.8. The molecule has 1 saturated carbocycles. The molecule has 0 radical (unpaired) electrons. The van der Waals surface area contributed by atoms with E-state index in [0.29, 0.717) is 17.8 Å². The summed E-state index contributed by atoms with van der Waals surface area (Å²) in [6.07, 6.45) is 5.81. The lowest BCUT2D eigenvalue weighted by Crippen LogP contribution is -2.31. The first-order valence-electron chi connectivity index (χ1n) is 8.30. The molecule has 1 heterocycles. The Hall–Kier alpha value is -0.540. The van der Waals surface area contributed by atoms with Crippen LogP contribution in [0.15, 0.2) is 0 Å². The second-order valence-corrected chi connectivity index (χ2v) is 7.53. The highest BCUT2D eigenvalue weighted by molar-refractivity contribution is 6.31. The van der Waals surface area contributed by atoms with Crippen molar-refractivity contribution in [2.45, 2.75) is 78.9 Å². The fourth-order valence-electron chi connectivity index (χ4n) is 3.38. The summed E-state index contributed by atoms with van der Waals surface area (Å²) >= 11 is 6.44. The van der Waals surface area contributed by atoms with E-state index in [9.17, 15) is 5.11 Å². The normalized spacial score (nSPS) is 20.7. The first-order valence-corrected chi connectivity index (χ1v) is 8.68. The van der Waals surface area contributed by atoms with E-state index in [1.807, 2.05) is 4.68 Å². The van der Waals surface area contributed by atoms with Gasteiger partial charge in [0.05, 0.1) is 22.5 Å². The fourth-order valence-corrected chi connectivity index (χ4v) is 3.73. The van der Waals surface area contributed by atoms with Crippen LogP contribution in [0.5, 0.6) is 0 Å². The first-order chi connectivity index (χ1) is 9.88. The average Bonchev–Trinajstić information content (AvgIpc) is 2.75. The minimum absolute atomic E-state index is 0.301. The second kappa shape index (κ2) is 6.70. The Morgan fingerprint density at radius 2 is 1.95 bits per heavy atom. The summed E-state index contributed by atoms with van der Waals surface area (Å²) in [5.74, 6) is 0.402. The molecule has 0 spiro atoms. The van der Waals surface area contributed by atoms with E-state index in [1.165, 1.54) is 12.8 Å². The Morgan fingerprint density at radius 3 is 2.48 bits per heavy atom. The van der Waals surface area contributed by atoms with Crippen LogP contribution in [0.25, 0.3) is 0 Å². The Morgan fingerprint density at radius 1 is 1.33 bits per heavy atom. The van der Waals surface area contributed by atoms with Gasteiger partial charge < -0.3 is 5.11 Å². The van der Waals surface area contributed by atoms with Crippen molar-refractivity contribution < 1.29 is 5.11 Å². The minimum Gasteiger partial charge on any atom is -0.392 e. The van der Waals surface area contributed by atoms with Crippen LogP contribution in [0.2, 0.25) is 5.02 Å². The number of hydrogen-bond acceptors (Lipinski definition) is 2. The molecular formula is C17H29ClN2O. The van der Waals surface area contributed by atoms with E-state index in [0.717, 1.165) is 42.2 Å². The second-order valence-electron chi connectivity index (χ2n) is 7.15. The fraction of sp³-hybridized carbons (Fsp3) is 0.824. The molecule has 0 amide bonds. The van der Waals surface area contributed by atoms with Crippen molar-refractivity contribution in [3.63, 3.8) is 0 Å². The molecule has 0 aromatic carbocycles. The van der Waals surface area contributed by atoms with Crippen molar-refractivity contribution >= 4 is 11.6 Å². The molecule has 1 unspecified atom stereocenters. The van der Waals surface area contributed by atoms with Crippen molar-refractivity contribution in [3.05, 3.63) is 16.4 Å². The van der Waals surface area contributed by atoms with Gasteiger partial charge in [0.15, 0.2) is 0 Å². The van der Waals surface area contributed by atoms with Crippen LogP contribution in [0.3, 0.4) is 0 Å². The topological polar surface area (TPSA) is 38.0 Å². The van der Waals surface area contributed by atoms with Gasteiger partial charge in [-0.2, -0.15) is 5.10 Å². The number of aromatic nitrogens is 2. The van der Waals surface area contributed by atoms with E-state index in [4.69, 9.17) is 11.6 Å². The zero-order chi connectivity index (χ0) is 15.6. The van der Waals surface area contributed by atoms with Gasteiger partial charge in [-0.05, 0) is 50.4 Å². The number of aryl methyl sites for hydroxylation is 2. The van der Waals surface area contributed by atoms with E-state index in [1.54, 1.807) is 0 Å². The predicted molar refractivity (Wildman–Crippen MR) is 87.7 cm³/mol. The highest BCUT2D eigenvalue weighted by Gasteiger charge is 2.31. The van der Waals surface area contributed by atoms with Crippen molar-refractivity contribution in [2.75, 3.05) is 0 Å². The van der Waals surface area contributed by atoms with Gasteiger partial charge >= 0.3 is 0 Å². The summed E-state index contributed by atoms with van der Waals surface area (Å²) in [6, 6.07) is 0. The molecule has 4 heteroatoms. The molecule has 3 nitrogen and oxygen atoms in total. The van der Waals surface area contributed by atoms with E-state index in [-0.39, 0.29) is 6.10 Å². The summed E-state index contributed by atoms with van der Waals surface area (Å²) < 4.78 is 1.96. The zero-order valence-electron chi connectivity index (χ0n) is 13.8. The zero-order valence-corrected chi connectivity index (χ0v) is 14.6. The van der Waals surface area contributed by atoms with Crippen molar-refractivity contribution in [3.8, 4) is 0 Å². The number of nitrogens with zero attached hydrogens (tertiary/aromatic N) is 2. The molecule has 0 bridgehead atoms. The third-order valence-corrected chi connectivity index (χ3v) is 5.46. The minimum atomic E-state index is -0.301. The molecule has 120 valence electrons. The predicted octanol–water partition coefficient (Wildman–Crippen LogP) is 4.24. The Balaban J connectivity index is 2.06. The summed E-state index contributed by atoms with van der Waals surface area (Å²) in [7, 11) is 0. The van der Waals surface area contributed by atoms with Crippen molar-refractivity contribution in [2.24, 2.45) is 11.3 Å². The van der Waals surface area contributed by atoms with Crippen LogP contribution in [-0.4, -0.2) is 21.0 Å². The summed E-state index contributed by atoms with van der Waals surface area (Å²) in [4.78, 5) is 0. The molecule has 1 aliphatic carbocycles. The van der Waals surface area contributed by atoms with Gasteiger partial charge in [-0.1, -0.05) is 32.4 Å². The Kier molecular flexibility index (Phi) is 5.37. The third-order valence-electron chi connectivity index (χ3n) is 5.02. The van der Waals surface area contributed by atoms with Crippen molar-refractivity contribution in [1.82, 2.24) is 9.78 Å². The van der Waals surface area contributed by atoms with Crippen LogP contribution in [0.1, 0.15) is 64.8 Å². The number of aliphatic hydroxyl groups is 1. The molecule has 1 aromatic rings. The van der Waals surface area contributed by atoms with Gasteiger partial charge in [-0.25, -0.2) is 0 Å². The number of aliphatic hydroxyl groups excluding tert-OH is 1. The highest BCUT2D eigenvalue weighted by atomic mass is 35.5. The molecule has 1 fully saturated rings. The lowest BCUT2D eigenvalue weighted by atomic mass is 9.71. The standard InChI is InChI=1S/C17H29ClN2O/c1-5-13-16(18)14(20(6-2)19-13)11-15(21)12-7-9-17(3,4)10-8-12/h12,15,21H,5-11H2,1-4H3. The summed E-state index contributed by atoms with van der Waals surface area (Å²) in [5, 5.41) is 15.9. The number of hydrogen-bond donors (Lipinski definition) is 1. The molecule has 21 heavy (non-hydrogen) atoms. The summed E-state index contributed by atoms with van der Waals surface area (Å²) in [6.45, 7) is 9.59. The molecule has 1 aliphatic rings. The molecule has 2 rings (SSSR count). The molecular weight excluding hydrogens is 284 g/mol. The third kappa shape index (κ3) is 3.81. The SMILES string of the molecule is CCc1nn(CC)c(CC(O)C2CCC(C)(C)CC2)c1Cl. The van der Waals surface area contributed by atoms with E-state index >= 15 is 0 Å². The molecule has 1 aromatic heterocycles. The largest absolute Gasteiger partial charge is 0.392 e. The molecule has 0 saturated heterocycles. The number of rotatable bonds is 5. The Labute approximate surface area is 133 Å². The molecule has 1 N–H and O–H groups in total. The van der Waals surface area contributed by atoms with Crippen LogP contribution < -0.4 is 0 Å². The Bertz CT molecular complexity index is 471. The molecule has 1 atom stereocenters. The summed E-state index contributed by atoms with van der Waals surface area (Å²) in [5.41, 5.74) is 2.40. The van der Waals surface area contributed by atoms with Gasteiger partial charge in [-0.15, -0.1) is 0 Å². The number of halogens is 1. The van der Waals surface area contributed by atoms with E-state index in [2.05, 4.69) is 32.8 Å². The smallest absolute Gasteiger partial charge is 0.0850 e. The highest BCUT2D eigenvalue weighted by Crippen LogP contribution is 2.40. The maximum absolute atomic E-state index is 10.6. The van der Waals surface area contributed by atoms with Gasteiger partial charge in [-0.3, -0.25) is 4.68 Å². The van der Waals surface area contributed by atoms with E-state index < -0.39 is 0 Å². The van der Waals surface area contributed by atoms with Crippen molar-refractivity contribution in [1.29, 1.82) is 0 Å². The monoisotopic (exact) mass is 312 g/mol. The van der Waals surface area contributed by atoms with Crippen LogP contribution in [-0.2, 0) is 19.4 Å². The maximum atomic E-state index is 10.6. The van der Waals surface area contributed by atoms with Gasteiger partial charge in [0.2, 0.25) is 0 Å². The van der Waals surface area contributed by atoms with Crippen LogP contribution in [0.4, 0.5) is 0 Å². The van der Waals surface area contributed by atoms with Crippen LogP contribution in [0, 0.1) is 11.3 Å². The van der Waals surface area contributed by atoms with Gasteiger partial charge in [0.25, 0.3) is 0 Å². The van der Waals surface area contributed by atoms with Gasteiger partial charge in [0, 0.05) is 13.0 Å². The van der Waals surface area contributed by atoms with Gasteiger partial charge in [0.1, 0.15) is 0 Å². The average molecular weight is 313 g/mol. The molecule has 0 aliphatic heterocycles. The quantitative estimate of drug-likeness (QED) is 0.883. The van der Waals surface area contributed by atoms with Crippen LogP contribution >= 0.6 is 11.6 Å². The lowest BCUT2D eigenvalue weighted by Gasteiger charge is -2.36. The lowest BCUT2D eigenvalue weighted by molar-refractivity contribution is 0.0563.